The molecule has 2 N–H and O–H groups in total. The van der Waals surface area contributed by atoms with Gasteiger partial charge in [0, 0.05) is 11.4 Å². The van der Waals surface area contributed by atoms with E-state index in [9.17, 15) is 18.4 Å². The lowest BCUT2D eigenvalue weighted by atomic mass is 9.76. The second kappa shape index (κ2) is 7.46. The van der Waals surface area contributed by atoms with Crippen LogP contribution in [0.1, 0.15) is 58.1 Å². The highest BCUT2D eigenvalue weighted by molar-refractivity contribution is 7.90. The van der Waals surface area contributed by atoms with Gasteiger partial charge in [-0.3, -0.25) is 0 Å². The van der Waals surface area contributed by atoms with Gasteiger partial charge in [-0.2, -0.15) is 0 Å². The van der Waals surface area contributed by atoms with E-state index in [4.69, 9.17) is 11.6 Å². The first-order valence-corrected chi connectivity index (χ1v) is 9.56. The van der Waals surface area contributed by atoms with E-state index in [2.05, 4.69) is 4.72 Å². The molecule has 0 heterocycles. The van der Waals surface area contributed by atoms with Crippen LogP contribution in [-0.2, 0) is 11.4 Å². The highest BCUT2D eigenvalue weighted by atomic mass is 35.5. The van der Waals surface area contributed by atoms with Gasteiger partial charge in [0.25, 0.3) is 0 Å². The van der Waals surface area contributed by atoms with Crippen LogP contribution in [0, 0.1) is 5.82 Å². The van der Waals surface area contributed by atoms with Gasteiger partial charge < -0.3 is 9.66 Å². The van der Waals surface area contributed by atoms with E-state index in [1.165, 1.54) is 12.1 Å². The molecule has 0 spiro atoms. The minimum Gasteiger partial charge on any atom is -0.598 e. The molecule has 1 aromatic rings. The average Bonchev–Trinajstić information content (AvgIpc) is 2.50. The van der Waals surface area contributed by atoms with Crippen LogP contribution in [0.2, 0.25) is 5.02 Å². The van der Waals surface area contributed by atoms with Gasteiger partial charge in [0.1, 0.15) is 22.8 Å². The average molecular weight is 380 g/mol. The van der Waals surface area contributed by atoms with Crippen molar-refractivity contribution in [3.05, 3.63) is 34.6 Å². The van der Waals surface area contributed by atoms with Crippen LogP contribution in [0.5, 0.6) is 0 Å². The van der Waals surface area contributed by atoms with Crippen molar-refractivity contribution in [3.63, 3.8) is 0 Å². The van der Waals surface area contributed by atoms with Gasteiger partial charge in [-0.15, -0.1) is 4.72 Å². The van der Waals surface area contributed by atoms with Crippen molar-refractivity contribution in [1.29, 1.82) is 0 Å². The molecule has 0 bridgehead atoms. The number of benzene rings is 1. The van der Waals surface area contributed by atoms with E-state index in [0.29, 0.717) is 5.56 Å². The van der Waals surface area contributed by atoms with Crippen LogP contribution in [0.3, 0.4) is 0 Å². The van der Waals surface area contributed by atoms with Crippen molar-refractivity contribution >= 4 is 23.0 Å². The van der Waals surface area contributed by atoms with E-state index < -0.39 is 39.7 Å². The van der Waals surface area contributed by atoms with Crippen molar-refractivity contribution < 1.29 is 18.4 Å². The van der Waals surface area contributed by atoms with E-state index in [1.54, 1.807) is 26.8 Å². The van der Waals surface area contributed by atoms with Crippen LogP contribution >= 0.6 is 11.6 Å². The van der Waals surface area contributed by atoms with Crippen molar-refractivity contribution in [2.45, 2.75) is 69.0 Å². The molecule has 1 aliphatic rings. The van der Waals surface area contributed by atoms with Crippen molar-refractivity contribution in [2.24, 2.45) is 0 Å². The number of hydrogen-bond acceptors (Lipinski definition) is 3. The monoisotopic (exact) mass is 379 g/mol. The zero-order valence-corrected chi connectivity index (χ0v) is 15.7. The van der Waals surface area contributed by atoms with Crippen LogP contribution in [-0.4, -0.2) is 26.2 Å². The Labute approximate surface area is 150 Å². The Kier molecular flexibility index (Phi) is 6.19. The Morgan fingerprint density at radius 2 is 1.96 bits per heavy atom. The molecule has 0 aromatic heterocycles. The Morgan fingerprint density at radius 3 is 2.50 bits per heavy atom. The topological polar surface area (TPSA) is 55.3 Å². The molecular formula is C17H24ClF2NO2S. The molecule has 1 aromatic carbocycles. The summed E-state index contributed by atoms with van der Waals surface area (Å²) in [6.07, 6.45) is -0.143. The van der Waals surface area contributed by atoms with Crippen LogP contribution < -0.4 is 4.72 Å². The van der Waals surface area contributed by atoms with Crippen molar-refractivity contribution in [1.82, 2.24) is 4.72 Å². The molecule has 3 nitrogen and oxygen atoms in total. The van der Waals surface area contributed by atoms with Gasteiger partial charge in [-0.05, 0) is 58.1 Å². The lowest BCUT2D eigenvalue weighted by molar-refractivity contribution is -0.0408. The Bertz CT molecular complexity index is 574. The van der Waals surface area contributed by atoms with Crippen LogP contribution in [0.15, 0.2) is 18.2 Å². The lowest BCUT2D eigenvalue weighted by Gasteiger charge is -2.41. The Morgan fingerprint density at radius 1 is 1.38 bits per heavy atom. The summed E-state index contributed by atoms with van der Waals surface area (Å²) in [6.45, 7) is 5.38. The number of alkyl halides is 1. The molecule has 1 aliphatic carbocycles. The molecule has 136 valence electrons. The van der Waals surface area contributed by atoms with Crippen molar-refractivity contribution in [3.8, 4) is 0 Å². The summed E-state index contributed by atoms with van der Waals surface area (Å²) in [7, 11) is 0. The normalized spacial score (nSPS) is 27.8. The number of nitrogens with one attached hydrogen (secondary N) is 1. The Balaban J connectivity index is 2.40. The molecular weight excluding hydrogens is 356 g/mol. The van der Waals surface area contributed by atoms with Gasteiger partial charge in [-0.25, -0.2) is 8.78 Å². The molecule has 1 saturated carbocycles. The third kappa shape index (κ3) is 4.41. The van der Waals surface area contributed by atoms with Gasteiger partial charge in [0.15, 0.2) is 0 Å². The smallest absolute Gasteiger partial charge is 0.142 e. The third-order valence-corrected chi connectivity index (χ3v) is 6.35. The van der Waals surface area contributed by atoms with Crippen LogP contribution in [0.25, 0.3) is 0 Å². The second-order valence-corrected chi connectivity index (χ2v) is 9.73. The Hall–Kier alpha value is -0.400. The maximum absolute atomic E-state index is 13.9. The molecule has 7 heteroatoms. The molecule has 1 unspecified atom stereocenters. The first-order valence-electron chi connectivity index (χ1n) is 8.03. The SMILES string of the molecule is CC(C)(C)[S+]([O-])N[C@@H](c1cccc(F)c1Cl)[C@]1(O)CC[C@H](F)CC1. The van der Waals surface area contributed by atoms with E-state index in [-0.39, 0.29) is 30.7 Å². The number of rotatable bonds is 4. The van der Waals surface area contributed by atoms with Crippen molar-refractivity contribution in [2.75, 3.05) is 0 Å². The fourth-order valence-electron chi connectivity index (χ4n) is 2.86. The minimum atomic E-state index is -1.50. The third-order valence-electron chi connectivity index (χ3n) is 4.39. The highest BCUT2D eigenvalue weighted by Gasteiger charge is 2.45. The van der Waals surface area contributed by atoms with E-state index >= 15 is 0 Å². The van der Waals surface area contributed by atoms with Crippen LogP contribution in [0.4, 0.5) is 8.78 Å². The number of halogens is 3. The molecule has 2 atom stereocenters. The zero-order chi connectivity index (χ0) is 18.1. The summed E-state index contributed by atoms with van der Waals surface area (Å²) in [4.78, 5) is 0. The fourth-order valence-corrected chi connectivity index (χ4v) is 4.01. The molecule has 0 aliphatic heterocycles. The lowest BCUT2D eigenvalue weighted by Crippen LogP contribution is -2.51. The summed E-state index contributed by atoms with van der Waals surface area (Å²) in [5.74, 6) is -0.606. The predicted octanol–water partition coefficient (Wildman–Crippen LogP) is 4.22. The summed E-state index contributed by atoms with van der Waals surface area (Å²) in [6, 6.07) is 3.48. The van der Waals surface area contributed by atoms with Gasteiger partial charge in [0.2, 0.25) is 0 Å². The standard InChI is InChI=1S/C17H24ClF2NO2S/c1-16(2,3)24(23)21-15(12-5-4-6-13(20)14(12)18)17(22)9-7-11(19)8-10-17/h4-6,11,15,21-22H,7-10H2,1-3H3/t11-,15-,17-,24?/m0/s1. The largest absolute Gasteiger partial charge is 0.598 e. The molecule has 0 radical (unpaired) electrons. The second-order valence-electron chi connectivity index (χ2n) is 7.35. The molecule has 2 rings (SSSR count). The van der Waals surface area contributed by atoms with E-state index in [0.717, 1.165) is 0 Å². The van der Waals surface area contributed by atoms with Gasteiger partial charge in [-0.1, -0.05) is 23.7 Å². The summed E-state index contributed by atoms with van der Waals surface area (Å²) >= 11 is 4.59. The van der Waals surface area contributed by atoms with Gasteiger partial charge >= 0.3 is 0 Å². The first-order chi connectivity index (χ1) is 11.0. The fraction of sp³-hybridized carbons (Fsp3) is 0.647. The molecule has 24 heavy (non-hydrogen) atoms. The minimum absolute atomic E-state index is 0.114. The quantitative estimate of drug-likeness (QED) is 0.770. The summed E-state index contributed by atoms with van der Waals surface area (Å²) in [5.41, 5.74) is -0.991. The molecule has 1 fully saturated rings. The molecule has 0 amide bonds. The van der Waals surface area contributed by atoms with E-state index in [1.807, 2.05) is 0 Å². The maximum Gasteiger partial charge on any atom is 0.142 e. The maximum atomic E-state index is 13.9. The summed E-state index contributed by atoms with van der Waals surface area (Å²) in [5, 5.41) is 11.0. The summed E-state index contributed by atoms with van der Waals surface area (Å²) < 4.78 is 42.3. The van der Waals surface area contributed by atoms with Gasteiger partial charge in [0.05, 0.1) is 10.6 Å². The zero-order valence-electron chi connectivity index (χ0n) is 14.1. The number of aliphatic hydroxyl groups is 1. The first kappa shape index (κ1) is 19.9. The molecule has 0 saturated heterocycles. The highest BCUT2D eigenvalue weighted by Crippen LogP contribution is 2.42. The number of hydrogen-bond donors (Lipinski definition) is 2. The predicted molar refractivity (Wildman–Crippen MR) is 93.5 cm³/mol.